The van der Waals surface area contributed by atoms with Crippen molar-refractivity contribution in [3.8, 4) is 0 Å². The van der Waals surface area contributed by atoms with Crippen molar-refractivity contribution >= 4 is 15.9 Å². The maximum absolute atomic E-state index is 8.22. The second kappa shape index (κ2) is 20.6. The van der Waals surface area contributed by atoms with Gasteiger partial charge in [-0.25, -0.2) is 0 Å². The molecule has 0 aromatic heterocycles. The minimum Gasteiger partial charge on any atom is -0.373 e. The molecule has 6 nitrogen and oxygen atoms in total. The first-order chi connectivity index (χ1) is 11.2. The van der Waals surface area contributed by atoms with E-state index in [1.54, 1.807) is 0 Å². The zero-order valence-electron chi connectivity index (χ0n) is 14.6. The zero-order valence-corrected chi connectivity index (χ0v) is 18.2. The van der Waals surface area contributed by atoms with Crippen molar-refractivity contribution in [2.75, 3.05) is 0 Å². The molecule has 0 radical (unpaired) electrons. The average molecular weight is 405 g/mol. The summed E-state index contributed by atoms with van der Waals surface area (Å²) in [6, 6.07) is 0.241. The molecule has 2 aliphatic carbocycles. The van der Waals surface area contributed by atoms with E-state index in [4.69, 9.17) is 16.6 Å². The Morgan fingerprint density at radius 2 is 1.29 bits per heavy atom. The van der Waals surface area contributed by atoms with E-state index in [0.717, 1.165) is 36.9 Å². The van der Waals surface area contributed by atoms with Crippen LogP contribution in [-0.4, -0.2) is 10.9 Å². The van der Waals surface area contributed by atoms with Crippen LogP contribution in [0.1, 0.15) is 64.2 Å². The Balaban J connectivity index is 0. The number of nitrogens with zero attached hydrogens (tertiary/aromatic N) is 6. The largest absolute Gasteiger partial charge is 1.00 e. The van der Waals surface area contributed by atoms with E-state index >= 15 is 0 Å². The van der Waals surface area contributed by atoms with E-state index < -0.39 is 0 Å². The van der Waals surface area contributed by atoms with Crippen LogP contribution in [0.4, 0.5) is 0 Å². The van der Waals surface area contributed by atoms with E-state index in [2.05, 4.69) is 50.3 Å². The third-order valence-corrected chi connectivity index (χ3v) is 4.57. The normalized spacial score (nSPS) is 25.4. The number of halogens is 1. The van der Waals surface area contributed by atoms with Crippen molar-refractivity contribution in [2.45, 2.75) is 75.1 Å². The van der Waals surface area contributed by atoms with E-state index in [9.17, 15) is 0 Å². The van der Waals surface area contributed by atoms with Gasteiger partial charge in [0.25, 0.3) is 0 Å². The summed E-state index contributed by atoms with van der Waals surface area (Å²) in [5.41, 5.74) is 21.7. The van der Waals surface area contributed by atoms with Crippen molar-refractivity contribution in [1.29, 1.82) is 0 Å². The van der Waals surface area contributed by atoms with Gasteiger partial charge in [-0.3, -0.25) is 4.91 Å². The monoisotopic (exact) mass is 404 g/mol. The van der Waals surface area contributed by atoms with Crippen LogP contribution in [-0.2, 0) is 0 Å². The van der Waals surface area contributed by atoms with E-state index in [1.807, 2.05) is 0 Å². The van der Waals surface area contributed by atoms with Crippen molar-refractivity contribution in [3.05, 3.63) is 50.7 Å². The van der Waals surface area contributed by atoms with Gasteiger partial charge in [0.05, 0.1) is 0 Å². The fraction of sp³-hybridized carbons (Fsp3) is 0.750. The van der Waals surface area contributed by atoms with Gasteiger partial charge in [0, 0.05) is 15.8 Å². The molecular weight excluding hydrogens is 379 g/mol. The van der Waals surface area contributed by atoms with Gasteiger partial charge in [0.1, 0.15) is 0 Å². The fourth-order valence-corrected chi connectivity index (χ4v) is 3.03. The van der Waals surface area contributed by atoms with Gasteiger partial charge in [0.2, 0.25) is 0 Å². The van der Waals surface area contributed by atoms with Crippen LogP contribution in [0.2, 0.25) is 0 Å². The van der Waals surface area contributed by atoms with Gasteiger partial charge < -0.3 is 11.1 Å². The Morgan fingerprint density at radius 3 is 1.88 bits per heavy atom. The maximum Gasteiger partial charge on any atom is 1.00 e. The molecule has 2 atom stereocenters. The maximum atomic E-state index is 8.22. The van der Waals surface area contributed by atoms with Gasteiger partial charge in [-0.2, -0.15) is 0 Å². The molecule has 0 spiro atoms. The van der Waals surface area contributed by atoms with E-state index in [0.29, 0.717) is 0 Å². The molecule has 128 valence electrons. The molecule has 0 bridgehead atoms. The topological polar surface area (TPSA) is 107 Å². The number of alkyl halides is 1. The standard InChI is InChI=1S/C8H13Br.C8H13N3.N3.Na/c9-8-6-4-2-1-3-5-7-8;9-11-10-8-6-4-2-1-3-5-7-8;1-3-2;/h1-2,8H,3-7H2;1-2,8H,3-7H2;;/q;;-1;+1/b2*2-1-;;. The second-order valence-corrected chi connectivity index (χ2v) is 6.80. The molecule has 2 unspecified atom stereocenters. The zero-order chi connectivity index (χ0) is 17.2. The third kappa shape index (κ3) is 17.9. The second-order valence-electron chi connectivity index (χ2n) is 5.50. The Labute approximate surface area is 175 Å². The number of hydrogen-bond donors (Lipinski definition) is 0. The summed E-state index contributed by atoms with van der Waals surface area (Å²) in [5.74, 6) is 0. The molecule has 0 aromatic rings. The number of azide groups is 1. The van der Waals surface area contributed by atoms with Crippen molar-refractivity contribution in [3.63, 3.8) is 0 Å². The molecule has 0 fully saturated rings. The summed E-state index contributed by atoms with van der Waals surface area (Å²) in [7, 11) is 0. The van der Waals surface area contributed by atoms with Crippen LogP contribution in [0.15, 0.2) is 29.4 Å². The summed E-state index contributed by atoms with van der Waals surface area (Å²) >= 11 is 3.64. The van der Waals surface area contributed by atoms with Crippen molar-refractivity contribution in [2.24, 2.45) is 5.11 Å². The molecule has 0 amide bonds. The Bertz CT molecular complexity index is 428. The summed E-state index contributed by atoms with van der Waals surface area (Å²) in [4.78, 5) is 5.11. The third-order valence-electron chi connectivity index (χ3n) is 3.66. The van der Waals surface area contributed by atoms with Gasteiger partial charge in [-0.15, -0.1) is 0 Å². The first-order valence-corrected chi connectivity index (χ1v) is 9.12. The first kappa shape index (κ1) is 25.8. The SMILES string of the molecule is BrC1CC/C=C\CCC1.[N-]=[N+]=NC1CC/C=C\CCC1.[N-]=[N+]=[N-].[Na+]. The van der Waals surface area contributed by atoms with Crippen molar-refractivity contribution < 1.29 is 29.6 Å². The van der Waals surface area contributed by atoms with E-state index in [-0.39, 0.29) is 35.6 Å². The smallest absolute Gasteiger partial charge is 0.373 e. The first-order valence-electron chi connectivity index (χ1n) is 8.21. The van der Waals surface area contributed by atoms with Crippen LogP contribution < -0.4 is 29.6 Å². The van der Waals surface area contributed by atoms with Crippen LogP contribution in [0, 0.1) is 0 Å². The number of allylic oxidation sites excluding steroid dienone is 4. The average Bonchev–Trinajstić information content (AvgIpc) is 2.47. The summed E-state index contributed by atoms with van der Waals surface area (Å²) in [5, 5.41) is 3.73. The molecule has 8 heteroatoms. The Kier molecular flexibility index (Phi) is 22.2. The molecule has 0 aromatic carbocycles. The van der Waals surface area contributed by atoms with Crippen LogP contribution in [0.5, 0.6) is 0 Å². The minimum absolute atomic E-state index is 0. The molecular formula is C16H26BrN6Na. The molecule has 2 rings (SSSR count). The van der Waals surface area contributed by atoms with Crippen LogP contribution in [0.3, 0.4) is 0 Å². The Morgan fingerprint density at radius 1 is 0.792 bits per heavy atom. The van der Waals surface area contributed by atoms with Gasteiger partial charge in [-0.05, 0) is 69.7 Å². The van der Waals surface area contributed by atoms with Crippen LogP contribution in [0.25, 0.3) is 26.4 Å². The Hall–Kier alpha value is -0.420. The molecule has 0 heterocycles. The summed E-state index contributed by atoms with van der Waals surface area (Å²) in [6.45, 7) is 0. The quantitative estimate of drug-likeness (QED) is 0.155. The molecule has 2 aliphatic rings. The van der Waals surface area contributed by atoms with Crippen LogP contribution >= 0.6 is 15.9 Å². The number of hydrogen-bond acceptors (Lipinski definition) is 1. The predicted molar refractivity (Wildman–Crippen MR) is 100 cm³/mol. The molecule has 24 heavy (non-hydrogen) atoms. The fourth-order valence-electron chi connectivity index (χ4n) is 2.44. The summed E-state index contributed by atoms with van der Waals surface area (Å²) < 4.78 is 0. The number of rotatable bonds is 1. The van der Waals surface area contributed by atoms with Gasteiger partial charge in [-0.1, -0.05) is 45.3 Å². The predicted octanol–water partition coefficient (Wildman–Crippen LogP) is 4.33. The van der Waals surface area contributed by atoms with Gasteiger partial charge >= 0.3 is 29.6 Å². The minimum atomic E-state index is 0. The molecule has 0 saturated carbocycles. The van der Waals surface area contributed by atoms with Crippen molar-refractivity contribution in [1.82, 2.24) is 0 Å². The summed E-state index contributed by atoms with van der Waals surface area (Å²) in [6.07, 6.45) is 21.0. The van der Waals surface area contributed by atoms with E-state index in [1.165, 1.54) is 37.0 Å². The van der Waals surface area contributed by atoms with Gasteiger partial charge in [0.15, 0.2) is 0 Å². The molecule has 0 aliphatic heterocycles. The molecule has 0 N–H and O–H groups in total. The molecule has 0 saturated heterocycles.